The maximum absolute atomic E-state index is 9.36. The van der Waals surface area contributed by atoms with Crippen LogP contribution in [0.4, 0.5) is 0 Å². The molecule has 0 aromatic heterocycles. The van der Waals surface area contributed by atoms with E-state index in [1.807, 2.05) is 47.0 Å². The number of allylic oxidation sites excluding steroid dienone is 3. The third-order valence-corrected chi connectivity index (χ3v) is 11.2. The summed E-state index contributed by atoms with van der Waals surface area (Å²) in [7, 11) is 3.44. The Balaban J connectivity index is 1.85. The summed E-state index contributed by atoms with van der Waals surface area (Å²) in [6.45, 7) is 0. The van der Waals surface area contributed by atoms with Crippen LogP contribution in [0, 0.1) is 11.3 Å². The minimum absolute atomic E-state index is 0.646. The summed E-state index contributed by atoms with van der Waals surface area (Å²) in [6, 6.07) is 15.3. The van der Waals surface area contributed by atoms with Gasteiger partial charge in [-0.1, -0.05) is 53.4 Å². The summed E-state index contributed by atoms with van der Waals surface area (Å²) in [4.78, 5) is 0. The smallest absolute Gasteiger partial charge is 0.122 e. The Bertz CT molecular complexity index is 1190. The van der Waals surface area contributed by atoms with Gasteiger partial charge in [0.25, 0.3) is 0 Å². The van der Waals surface area contributed by atoms with Crippen molar-refractivity contribution in [3.8, 4) is 17.6 Å². The van der Waals surface area contributed by atoms with Crippen molar-refractivity contribution in [3.63, 3.8) is 0 Å². The lowest BCUT2D eigenvalue weighted by molar-refractivity contribution is 0.396. The topological polar surface area (TPSA) is 42.2 Å². The minimum Gasteiger partial charge on any atom is -0.496 e. The highest BCUT2D eigenvalue weighted by Gasteiger charge is 2.25. The summed E-state index contributed by atoms with van der Waals surface area (Å²) in [6.07, 6.45) is 9.03. The number of ether oxygens (including phenoxy) is 2. The summed E-state index contributed by atoms with van der Waals surface area (Å²) in [5.74, 6) is 1.71. The number of nitriles is 1. The van der Waals surface area contributed by atoms with Crippen molar-refractivity contribution in [1.29, 1.82) is 5.26 Å². The molecule has 0 saturated heterocycles. The number of nitrogens with zero attached hydrogens (tertiary/aromatic N) is 1. The first-order valence-corrected chi connectivity index (χ1v) is 15.0. The Labute approximate surface area is 219 Å². The van der Waals surface area contributed by atoms with Gasteiger partial charge >= 0.3 is 0 Å². The molecule has 5 aliphatic rings. The van der Waals surface area contributed by atoms with Crippen molar-refractivity contribution < 1.29 is 9.47 Å². The zero-order chi connectivity index (χ0) is 24.1. The fourth-order valence-electron chi connectivity index (χ4n) is 4.19. The van der Waals surface area contributed by atoms with Crippen LogP contribution in [0.2, 0.25) is 0 Å². The van der Waals surface area contributed by atoms with E-state index in [2.05, 4.69) is 55.0 Å². The van der Waals surface area contributed by atoms with E-state index >= 15 is 0 Å². The molecule has 0 unspecified atom stereocenters. The van der Waals surface area contributed by atoms with Gasteiger partial charge in [0.2, 0.25) is 0 Å². The third kappa shape index (κ3) is 5.68. The van der Waals surface area contributed by atoms with Gasteiger partial charge in [-0.3, -0.25) is 0 Å². The highest BCUT2D eigenvalue weighted by molar-refractivity contribution is 8.40. The van der Waals surface area contributed by atoms with Crippen LogP contribution >= 0.6 is 47.0 Å². The molecule has 4 aliphatic carbocycles. The third-order valence-electron chi connectivity index (χ3n) is 5.84. The first-order chi connectivity index (χ1) is 16.6. The van der Waals surface area contributed by atoms with E-state index < -0.39 is 0 Å². The highest BCUT2D eigenvalue weighted by Crippen LogP contribution is 2.57. The van der Waals surface area contributed by atoms with E-state index in [0.29, 0.717) is 6.42 Å². The predicted molar refractivity (Wildman–Crippen MR) is 151 cm³/mol. The zero-order valence-electron chi connectivity index (χ0n) is 19.8. The average Bonchev–Trinajstić information content (AvgIpc) is 3.28. The van der Waals surface area contributed by atoms with Crippen molar-refractivity contribution in [1.82, 2.24) is 0 Å². The maximum atomic E-state index is 9.36. The molecule has 1 aliphatic heterocycles. The summed E-state index contributed by atoms with van der Waals surface area (Å²) in [5.41, 5.74) is 7.11. The maximum Gasteiger partial charge on any atom is 0.122 e. The molecule has 0 spiro atoms. The van der Waals surface area contributed by atoms with Crippen molar-refractivity contribution in [2.75, 3.05) is 26.7 Å². The molecule has 7 rings (SSSR count). The molecule has 176 valence electrons. The van der Waals surface area contributed by atoms with Gasteiger partial charge in [0.05, 0.1) is 33.0 Å². The first-order valence-electron chi connectivity index (χ1n) is 10.9. The number of hydrogen-bond donors (Lipinski definition) is 0. The van der Waals surface area contributed by atoms with E-state index in [0.717, 1.165) is 47.5 Å². The molecular formula is C27H27NO2S4. The molecule has 0 amide bonds. The summed E-state index contributed by atoms with van der Waals surface area (Å²) >= 11 is 7.44. The molecular weight excluding hydrogens is 499 g/mol. The number of rotatable bonds is 4. The monoisotopic (exact) mass is 525 g/mol. The van der Waals surface area contributed by atoms with Gasteiger partial charge in [-0.25, -0.2) is 0 Å². The van der Waals surface area contributed by atoms with Crippen LogP contribution < -0.4 is 9.47 Å². The number of benzene rings is 2. The number of hydrogen-bond acceptors (Lipinski definition) is 7. The van der Waals surface area contributed by atoms with Crippen molar-refractivity contribution in [3.05, 3.63) is 88.6 Å². The Kier molecular flexibility index (Phi) is 8.70. The second-order valence-corrected chi connectivity index (χ2v) is 12.5. The van der Waals surface area contributed by atoms with Gasteiger partial charge in [0.15, 0.2) is 0 Å². The Morgan fingerprint density at radius 2 is 1.35 bits per heavy atom. The fraction of sp³-hybridized carbons (Fsp3) is 0.296. The molecule has 1 heterocycles. The van der Waals surface area contributed by atoms with Crippen molar-refractivity contribution >= 4 is 47.0 Å². The van der Waals surface area contributed by atoms with Crippen molar-refractivity contribution in [2.45, 2.75) is 25.7 Å². The molecule has 34 heavy (non-hydrogen) atoms. The molecule has 0 fully saturated rings. The molecule has 7 heteroatoms. The molecule has 0 N–H and O–H groups in total. The largest absolute Gasteiger partial charge is 0.496 e. The number of methoxy groups -OCH3 is 2. The lowest BCUT2D eigenvalue weighted by Gasteiger charge is -2.19. The average molecular weight is 526 g/mol. The highest BCUT2D eigenvalue weighted by atomic mass is 32.3. The Morgan fingerprint density at radius 1 is 0.824 bits per heavy atom. The minimum atomic E-state index is 0.646. The van der Waals surface area contributed by atoms with Crippen LogP contribution in [-0.2, 0) is 25.7 Å². The van der Waals surface area contributed by atoms with Crippen molar-refractivity contribution in [2.24, 2.45) is 0 Å². The van der Waals surface area contributed by atoms with E-state index in [1.54, 1.807) is 20.3 Å². The van der Waals surface area contributed by atoms with Gasteiger partial charge in [-0.2, -0.15) is 5.26 Å². The lowest BCUT2D eigenvalue weighted by Crippen LogP contribution is -2.05. The molecule has 0 atom stereocenters. The quantitative estimate of drug-likeness (QED) is 0.381. The van der Waals surface area contributed by atoms with E-state index in [4.69, 9.17) is 9.47 Å². The summed E-state index contributed by atoms with van der Waals surface area (Å²) < 4.78 is 15.8. The normalized spacial score (nSPS) is 17.3. The van der Waals surface area contributed by atoms with Crippen LogP contribution in [0.1, 0.15) is 22.3 Å². The van der Waals surface area contributed by atoms with Crippen LogP contribution in [0.3, 0.4) is 0 Å². The molecule has 0 radical (unpaired) electrons. The Morgan fingerprint density at radius 3 is 1.85 bits per heavy atom. The molecule has 0 saturated carbocycles. The van der Waals surface area contributed by atoms with Gasteiger partial charge in [0.1, 0.15) is 11.5 Å². The van der Waals surface area contributed by atoms with Gasteiger partial charge in [0, 0.05) is 17.2 Å². The van der Waals surface area contributed by atoms with E-state index in [-0.39, 0.29) is 0 Å². The molecule has 3 nitrogen and oxygen atoms in total. The lowest BCUT2D eigenvalue weighted by atomic mass is 9.92. The van der Waals surface area contributed by atoms with Crippen LogP contribution in [0.15, 0.2) is 66.3 Å². The number of thioether (sulfide) groups is 4. The van der Waals surface area contributed by atoms with E-state index in [1.165, 1.54) is 29.4 Å². The van der Waals surface area contributed by atoms with Crippen LogP contribution in [-0.4, -0.2) is 26.7 Å². The Hall–Kier alpha value is -1.85. The molecule has 2 aromatic carbocycles. The standard InChI is InChI=1S/C27H27NO2S4/c1-29-23-16-21-14-22(25-33-26(31-3)27(32-4)34-25)12-18-7-5-17(6-8-18)11-19(9-10-28)13-20(23)15-24(21)30-2/h5-9,15-16H,11-14H2,1-4H3/b19-9+. The van der Waals surface area contributed by atoms with Crippen LogP contribution in [0.25, 0.3) is 0 Å². The van der Waals surface area contributed by atoms with Gasteiger partial charge in [-0.15, -0.1) is 23.5 Å². The van der Waals surface area contributed by atoms with Gasteiger partial charge < -0.3 is 9.47 Å². The first kappa shape index (κ1) is 25.2. The van der Waals surface area contributed by atoms with E-state index in [9.17, 15) is 5.26 Å². The fourth-order valence-corrected chi connectivity index (χ4v) is 9.25. The second-order valence-electron chi connectivity index (χ2n) is 8.01. The van der Waals surface area contributed by atoms with Crippen LogP contribution in [0.5, 0.6) is 11.5 Å². The molecule has 4 bridgehead atoms. The van der Waals surface area contributed by atoms with Gasteiger partial charge in [-0.05, 0) is 67.0 Å². The second kappa shape index (κ2) is 11.7. The SMILES string of the molecule is COc1cc2c(OC)cc1CC(=C1SC(SC)=C(SC)S1)Cc1ccc(cc1)C/C(=C\C#N)C2. The predicted octanol–water partition coefficient (Wildman–Crippen LogP) is 7.58. The zero-order valence-corrected chi connectivity index (χ0v) is 23.0. The molecule has 2 aromatic rings. The summed E-state index contributed by atoms with van der Waals surface area (Å²) in [5, 5.41) is 9.36.